The number of halogens is 1. The number of ether oxygens (including phenoxy) is 4. The molecule has 0 bridgehead atoms. The normalized spacial score (nSPS) is 23.0. The number of hydrogen-bond donors (Lipinski definition) is 0. The Kier molecular flexibility index (Phi) is 7.36. The highest BCUT2D eigenvalue weighted by atomic mass is 19.1. The van der Waals surface area contributed by atoms with E-state index in [-0.39, 0.29) is 24.9 Å². The third kappa shape index (κ3) is 5.63. The molecule has 1 unspecified atom stereocenters. The maximum Gasteiger partial charge on any atom is 0.338 e. The van der Waals surface area contributed by atoms with Crippen molar-refractivity contribution in [2.45, 2.75) is 52.0 Å². The van der Waals surface area contributed by atoms with E-state index in [1.54, 1.807) is 49.4 Å². The molecule has 4 atom stereocenters. The Morgan fingerprint density at radius 3 is 2.48 bits per heavy atom. The monoisotopic (exact) mass is 402 g/mol. The van der Waals surface area contributed by atoms with E-state index in [1.165, 1.54) is 6.07 Å². The van der Waals surface area contributed by atoms with E-state index in [0.29, 0.717) is 11.1 Å². The fraction of sp³-hybridized carbons (Fsp3) is 0.435. The van der Waals surface area contributed by atoms with E-state index in [0.717, 1.165) is 0 Å². The third-order valence-corrected chi connectivity index (χ3v) is 4.80. The van der Waals surface area contributed by atoms with Crippen LogP contribution in [0.5, 0.6) is 0 Å². The van der Waals surface area contributed by atoms with E-state index in [9.17, 15) is 9.18 Å². The fourth-order valence-corrected chi connectivity index (χ4v) is 3.16. The third-order valence-electron chi connectivity index (χ3n) is 4.80. The number of esters is 1. The summed E-state index contributed by atoms with van der Waals surface area (Å²) >= 11 is 0. The summed E-state index contributed by atoms with van der Waals surface area (Å²) < 4.78 is 37.3. The number of hydrogen-bond acceptors (Lipinski definition) is 5. The molecule has 156 valence electrons. The Morgan fingerprint density at radius 1 is 1.10 bits per heavy atom. The smallest absolute Gasteiger partial charge is 0.338 e. The lowest BCUT2D eigenvalue weighted by atomic mass is 10.1. The van der Waals surface area contributed by atoms with Gasteiger partial charge in [-0.25, -0.2) is 9.18 Å². The quantitative estimate of drug-likeness (QED) is 0.645. The summed E-state index contributed by atoms with van der Waals surface area (Å²) in [5, 5.41) is 0. The van der Waals surface area contributed by atoms with Gasteiger partial charge in [-0.15, -0.1) is 0 Å². The summed E-state index contributed by atoms with van der Waals surface area (Å²) in [6.07, 6.45) is -2.02. The van der Waals surface area contributed by atoms with Crippen molar-refractivity contribution in [3.8, 4) is 0 Å². The van der Waals surface area contributed by atoms with Crippen molar-refractivity contribution in [1.29, 1.82) is 0 Å². The van der Waals surface area contributed by atoms with Gasteiger partial charge in [0.05, 0.1) is 18.8 Å². The van der Waals surface area contributed by atoms with Crippen LogP contribution in [-0.2, 0) is 25.6 Å². The standard InChI is InChI=1S/C23H27FO5/c1-15(2)23-27-14-20(26-13-18-11-7-8-12-19(18)24)21(29-23)16(3)28-22(25)17-9-5-4-6-10-17/h4-12,15-16,20-21,23H,13-14H2,1-3H3/t16?,20-,21-,23+/m1/s1. The van der Waals surface area contributed by atoms with Crippen molar-refractivity contribution in [2.24, 2.45) is 5.92 Å². The van der Waals surface area contributed by atoms with Gasteiger partial charge < -0.3 is 18.9 Å². The molecule has 0 N–H and O–H groups in total. The van der Waals surface area contributed by atoms with Crippen LogP contribution in [-0.4, -0.2) is 37.2 Å². The van der Waals surface area contributed by atoms with Gasteiger partial charge in [-0.3, -0.25) is 0 Å². The molecule has 0 saturated carbocycles. The molecule has 6 heteroatoms. The molecule has 1 aliphatic heterocycles. The maximum absolute atomic E-state index is 13.9. The average Bonchev–Trinajstić information content (AvgIpc) is 2.73. The summed E-state index contributed by atoms with van der Waals surface area (Å²) in [6, 6.07) is 15.2. The summed E-state index contributed by atoms with van der Waals surface area (Å²) in [6.45, 7) is 6.10. The Morgan fingerprint density at radius 2 is 1.79 bits per heavy atom. The van der Waals surface area contributed by atoms with E-state index >= 15 is 0 Å². The Hall–Kier alpha value is -2.28. The Balaban J connectivity index is 1.69. The largest absolute Gasteiger partial charge is 0.456 e. The van der Waals surface area contributed by atoms with Crippen molar-refractivity contribution in [3.63, 3.8) is 0 Å². The molecular weight excluding hydrogens is 375 g/mol. The van der Waals surface area contributed by atoms with Gasteiger partial charge in [-0.05, 0) is 25.1 Å². The summed E-state index contributed by atoms with van der Waals surface area (Å²) in [5.41, 5.74) is 0.918. The van der Waals surface area contributed by atoms with Crippen LogP contribution in [0.2, 0.25) is 0 Å². The number of carbonyl (C=O) groups excluding carboxylic acids is 1. The number of rotatable bonds is 7. The van der Waals surface area contributed by atoms with E-state index in [4.69, 9.17) is 18.9 Å². The molecule has 2 aromatic rings. The van der Waals surface area contributed by atoms with E-state index in [1.807, 2.05) is 19.9 Å². The molecule has 3 rings (SSSR count). The topological polar surface area (TPSA) is 54.0 Å². The minimum Gasteiger partial charge on any atom is -0.456 e. The van der Waals surface area contributed by atoms with E-state index in [2.05, 4.69) is 0 Å². The molecule has 0 radical (unpaired) electrons. The van der Waals surface area contributed by atoms with Crippen molar-refractivity contribution in [3.05, 3.63) is 71.5 Å². The number of benzene rings is 2. The number of carbonyl (C=O) groups is 1. The van der Waals surface area contributed by atoms with Crippen LogP contribution in [0.25, 0.3) is 0 Å². The molecule has 0 aromatic heterocycles. The summed E-state index contributed by atoms with van der Waals surface area (Å²) in [7, 11) is 0. The second kappa shape index (κ2) is 9.96. The first-order chi connectivity index (χ1) is 14.0. The summed E-state index contributed by atoms with van der Waals surface area (Å²) in [5.74, 6) is -0.630. The highest BCUT2D eigenvalue weighted by Gasteiger charge is 2.39. The molecular formula is C23H27FO5. The molecule has 1 heterocycles. The Labute approximate surface area is 170 Å². The molecule has 2 aromatic carbocycles. The van der Waals surface area contributed by atoms with Gasteiger partial charge in [0.25, 0.3) is 0 Å². The van der Waals surface area contributed by atoms with Crippen molar-refractivity contribution in [1.82, 2.24) is 0 Å². The average molecular weight is 402 g/mol. The highest BCUT2D eigenvalue weighted by molar-refractivity contribution is 5.89. The van der Waals surface area contributed by atoms with Gasteiger partial charge in [0.15, 0.2) is 6.29 Å². The molecule has 0 spiro atoms. The van der Waals surface area contributed by atoms with Crippen LogP contribution in [0.1, 0.15) is 36.7 Å². The molecule has 29 heavy (non-hydrogen) atoms. The lowest BCUT2D eigenvalue weighted by molar-refractivity contribution is -0.291. The van der Waals surface area contributed by atoms with Gasteiger partial charge in [0, 0.05) is 11.5 Å². The second-order valence-corrected chi connectivity index (χ2v) is 7.46. The molecule has 1 saturated heterocycles. The first-order valence-corrected chi connectivity index (χ1v) is 9.83. The minimum atomic E-state index is -0.571. The first kappa shape index (κ1) is 21.4. The summed E-state index contributed by atoms with van der Waals surface area (Å²) in [4.78, 5) is 12.4. The van der Waals surface area contributed by atoms with Crippen LogP contribution in [0.3, 0.4) is 0 Å². The van der Waals surface area contributed by atoms with Gasteiger partial charge in [0.2, 0.25) is 0 Å². The van der Waals surface area contributed by atoms with Gasteiger partial charge in [-0.2, -0.15) is 0 Å². The predicted molar refractivity (Wildman–Crippen MR) is 106 cm³/mol. The van der Waals surface area contributed by atoms with Crippen LogP contribution in [0.15, 0.2) is 54.6 Å². The molecule has 0 amide bonds. The predicted octanol–water partition coefficient (Wildman–Crippen LogP) is 4.35. The van der Waals surface area contributed by atoms with Crippen LogP contribution in [0, 0.1) is 11.7 Å². The van der Waals surface area contributed by atoms with Crippen LogP contribution in [0.4, 0.5) is 4.39 Å². The first-order valence-electron chi connectivity index (χ1n) is 9.83. The molecule has 0 aliphatic carbocycles. The van der Waals surface area contributed by atoms with Crippen LogP contribution >= 0.6 is 0 Å². The van der Waals surface area contributed by atoms with Crippen molar-refractivity contribution >= 4 is 5.97 Å². The zero-order chi connectivity index (χ0) is 20.8. The lowest BCUT2D eigenvalue weighted by Gasteiger charge is -2.40. The van der Waals surface area contributed by atoms with Gasteiger partial charge in [0.1, 0.15) is 24.1 Å². The minimum absolute atomic E-state index is 0.0757. The van der Waals surface area contributed by atoms with E-state index < -0.39 is 30.6 Å². The molecule has 1 fully saturated rings. The van der Waals surface area contributed by atoms with Crippen LogP contribution < -0.4 is 0 Å². The van der Waals surface area contributed by atoms with Crippen molar-refractivity contribution in [2.75, 3.05) is 6.61 Å². The molecule has 1 aliphatic rings. The maximum atomic E-state index is 13.9. The second-order valence-electron chi connectivity index (χ2n) is 7.46. The Bertz CT molecular complexity index is 795. The highest BCUT2D eigenvalue weighted by Crippen LogP contribution is 2.26. The zero-order valence-corrected chi connectivity index (χ0v) is 16.9. The zero-order valence-electron chi connectivity index (χ0n) is 16.9. The lowest BCUT2D eigenvalue weighted by Crippen LogP contribution is -2.52. The fourth-order valence-electron chi connectivity index (χ4n) is 3.16. The van der Waals surface area contributed by atoms with Crippen molar-refractivity contribution < 1.29 is 28.1 Å². The van der Waals surface area contributed by atoms with Gasteiger partial charge >= 0.3 is 5.97 Å². The molecule has 5 nitrogen and oxygen atoms in total. The van der Waals surface area contributed by atoms with Gasteiger partial charge in [-0.1, -0.05) is 50.2 Å². The SMILES string of the molecule is CC(C)[C@H]1OC[C@@H](OCc2ccccc2F)[C@@H](C(C)OC(=O)c2ccccc2)O1.